The molecule has 0 spiro atoms. The normalized spacial score (nSPS) is 10.7. The van der Waals surface area contributed by atoms with E-state index in [9.17, 15) is 4.79 Å². The summed E-state index contributed by atoms with van der Waals surface area (Å²) in [4.78, 5) is 12.6. The van der Waals surface area contributed by atoms with Gasteiger partial charge in [-0.1, -0.05) is 36.2 Å². The molecule has 6 heteroatoms. The first-order valence-corrected chi connectivity index (χ1v) is 7.31. The van der Waals surface area contributed by atoms with Crippen molar-refractivity contribution in [3.8, 4) is 0 Å². The molecular formula is C13H11BrCl2N2O. The number of benzene rings is 1. The van der Waals surface area contributed by atoms with E-state index < -0.39 is 0 Å². The number of halogens is 3. The molecule has 0 unspecified atom stereocenters. The lowest BCUT2D eigenvalue weighted by atomic mass is 10.1. The van der Waals surface area contributed by atoms with E-state index in [0.29, 0.717) is 27.3 Å². The summed E-state index contributed by atoms with van der Waals surface area (Å²) in [5.74, 6) is -0.190. The molecule has 19 heavy (non-hydrogen) atoms. The van der Waals surface area contributed by atoms with E-state index in [4.69, 9.17) is 23.2 Å². The van der Waals surface area contributed by atoms with Gasteiger partial charge in [-0.15, -0.1) is 0 Å². The highest BCUT2D eigenvalue weighted by Gasteiger charge is 2.21. The lowest BCUT2D eigenvalue weighted by Crippen LogP contribution is -2.12. The topological polar surface area (TPSA) is 34.9 Å². The van der Waals surface area contributed by atoms with Crippen LogP contribution in [0, 0.1) is 0 Å². The predicted octanol–water partition coefficient (Wildman–Crippen LogP) is 4.59. The van der Waals surface area contributed by atoms with Crippen LogP contribution in [0.2, 0.25) is 10.0 Å². The molecule has 0 aliphatic rings. The van der Waals surface area contributed by atoms with Gasteiger partial charge in [-0.2, -0.15) is 5.10 Å². The maximum atomic E-state index is 12.6. The Morgan fingerprint density at radius 1 is 1.42 bits per heavy atom. The summed E-state index contributed by atoms with van der Waals surface area (Å²) in [5, 5.41) is 4.81. The zero-order valence-electron chi connectivity index (χ0n) is 10.2. The van der Waals surface area contributed by atoms with Gasteiger partial charge in [0.1, 0.15) is 5.69 Å². The van der Waals surface area contributed by atoms with Crippen molar-refractivity contribution in [1.29, 1.82) is 0 Å². The van der Waals surface area contributed by atoms with Crippen LogP contribution in [0.5, 0.6) is 0 Å². The third-order valence-electron chi connectivity index (χ3n) is 2.64. The molecule has 0 aliphatic carbocycles. The molecule has 0 bridgehead atoms. The first-order valence-electron chi connectivity index (χ1n) is 5.76. The van der Waals surface area contributed by atoms with E-state index in [1.165, 1.54) is 0 Å². The number of nitrogens with zero attached hydrogens (tertiary/aromatic N) is 2. The van der Waals surface area contributed by atoms with Gasteiger partial charge in [-0.05, 0) is 34.5 Å². The van der Waals surface area contributed by atoms with Gasteiger partial charge in [0.25, 0.3) is 0 Å². The molecule has 0 saturated heterocycles. The fourth-order valence-corrected chi connectivity index (χ4v) is 2.64. The predicted molar refractivity (Wildman–Crippen MR) is 80.1 cm³/mol. The monoisotopic (exact) mass is 360 g/mol. The van der Waals surface area contributed by atoms with Crippen molar-refractivity contribution in [2.75, 3.05) is 0 Å². The third kappa shape index (κ3) is 2.86. The summed E-state index contributed by atoms with van der Waals surface area (Å²) in [6, 6.07) is 5.02. The molecule has 0 saturated carbocycles. The summed E-state index contributed by atoms with van der Waals surface area (Å²) < 4.78 is 2.32. The van der Waals surface area contributed by atoms with Crippen molar-refractivity contribution in [3.63, 3.8) is 0 Å². The number of aryl methyl sites for hydroxylation is 1. The number of hydrogen-bond donors (Lipinski definition) is 0. The molecule has 1 aromatic heterocycles. The van der Waals surface area contributed by atoms with Gasteiger partial charge >= 0.3 is 0 Å². The van der Waals surface area contributed by atoms with Crippen molar-refractivity contribution in [2.24, 2.45) is 0 Å². The zero-order chi connectivity index (χ0) is 14.0. The standard InChI is InChI=1S/C13H11BrCl2N2O/c1-2-6-18-12(9(14)7-17-18)13(19)8-4-3-5-10(15)11(8)16/h3-5,7H,2,6H2,1H3. The van der Waals surface area contributed by atoms with Gasteiger partial charge in [0.05, 0.1) is 20.7 Å². The number of aromatic nitrogens is 2. The Labute approximate surface area is 129 Å². The van der Waals surface area contributed by atoms with Gasteiger partial charge in [0.15, 0.2) is 0 Å². The van der Waals surface area contributed by atoms with E-state index in [1.807, 2.05) is 6.92 Å². The fourth-order valence-electron chi connectivity index (χ4n) is 1.78. The van der Waals surface area contributed by atoms with Crippen LogP contribution < -0.4 is 0 Å². The van der Waals surface area contributed by atoms with Crippen LogP contribution in [0.3, 0.4) is 0 Å². The molecule has 0 atom stereocenters. The minimum Gasteiger partial charge on any atom is -0.287 e. The summed E-state index contributed by atoms with van der Waals surface area (Å²) in [5.41, 5.74) is 0.874. The van der Waals surface area contributed by atoms with Crippen molar-refractivity contribution in [2.45, 2.75) is 19.9 Å². The number of ketones is 1. The Hall–Kier alpha value is -0.840. The highest BCUT2D eigenvalue weighted by atomic mass is 79.9. The van der Waals surface area contributed by atoms with Crippen LogP contribution in [0.25, 0.3) is 0 Å². The largest absolute Gasteiger partial charge is 0.287 e. The summed E-state index contributed by atoms with van der Waals surface area (Å²) in [6.07, 6.45) is 2.50. The summed E-state index contributed by atoms with van der Waals surface area (Å²) >= 11 is 15.4. The molecule has 0 amide bonds. The van der Waals surface area contributed by atoms with E-state index >= 15 is 0 Å². The van der Waals surface area contributed by atoms with Gasteiger partial charge < -0.3 is 0 Å². The molecule has 2 rings (SSSR count). The van der Waals surface area contributed by atoms with Gasteiger partial charge in [0, 0.05) is 12.1 Å². The number of hydrogen-bond acceptors (Lipinski definition) is 2. The molecule has 1 aromatic carbocycles. The first-order chi connectivity index (χ1) is 9.06. The van der Waals surface area contributed by atoms with Gasteiger partial charge in [-0.25, -0.2) is 0 Å². The Morgan fingerprint density at radius 2 is 2.16 bits per heavy atom. The van der Waals surface area contributed by atoms with Gasteiger partial charge in [0.2, 0.25) is 5.78 Å². The SMILES string of the molecule is CCCn1ncc(Br)c1C(=O)c1cccc(Cl)c1Cl. The van der Waals surface area contributed by atoms with Crippen LogP contribution in [-0.2, 0) is 6.54 Å². The van der Waals surface area contributed by atoms with Crippen LogP contribution in [-0.4, -0.2) is 15.6 Å². The lowest BCUT2D eigenvalue weighted by Gasteiger charge is -2.08. The molecular weight excluding hydrogens is 351 g/mol. The maximum absolute atomic E-state index is 12.6. The maximum Gasteiger partial charge on any atom is 0.213 e. The third-order valence-corrected chi connectivity index (χ3v) is 4.04. The Kier molecular flexibility index (Phi) is 4.66. The molecule has 1 heterocycles. The number of carbonyl (C=O) groups is 1. The number of carbonyl (C=O) groups excluding carboxylic acids is 1. The molecule has 100 valence electrons. The van der Waals surface area contributed by atoms with Crippen molar-refractivity contribution >= 4 is 44.9 Å². The quantitative estimate of drug-likeness (QED) is 0.746. The van der Waals surface area contributed by atoms with Crippen LogP contribution in [0.4, 0.5) is 0 Å². The molecule has 0 radical (unpaired) electrons. The Morgan fingerprint density at radius 3 is 2.84 bits per heavy atom. The Bertz CT molecular complexity index is 625. The van der Waals surface area contributed by atoms with Gasteiger partial charge in [-0.3, -0.25) is 9.48 Å². The molecule has 2 aromatic rings. The molecule has 0 aliphatic heterocycles. The minimum absolute atomic E-state index is 0.190. The minimum atomic E-state index is -0.190. The number of rotatable bonds is 4. The summed E-state index contributed by atoms with van der Waals surface area (Å²) in [7, 11) is 0. The average molecular weight is 362 g/mol. The van der Waals surface area contributed by atoms with E-state index in [1.54, 1.807) is 29.1 Å². The van der Waals surface area contributed by atoms with Crippen LogP contribution in [0.15, 0.2) is 28.9 Å². The van der Waals surface area contributed by atoms with E-state index in [0.717, 1.165) is 6.42 Å². The van der Waals surface area contributed by atoms with E-state index in [-0.39, 0.29) is 10.8 Å². The highest BCUT2D eigenvalue weighted by molar-refractivity contribution is 9.10. The first kappa shape index (κ1) is 14.6. The molecule has 3 nitrogen and oxygen atoms in total. The Balaban J connectivity index is 2.50. The molecule has 0 N–H and O–H groups in total. The highest BCUT2D eigenvalue weighted by Crippen LogP contribution is 2.29. The van der Waals surface area contributed by atoms with Crippen molar-refractivity contribution in [3.05, 3.63) is 50.2 Å². The summed E-state index contributed by atoms with van der Waals surface area (Å²) in [6.45, 7) is 2.70. The van der Waals surface area contributed by atoms with Crippen molar-refractivity contribution in [1.82, 2.24) is 9.78 Å². The zero-order valence-corrected chi connectivity index (χ0v) is 13.3. The lowest BCUT2D eigenvalue weighted by molar-refractivity contribution is 0.102. The fraction of sp³-hybridized carbons (Fsp3) is 0.231. The second-order valence-electron chi connectivity index (χ2n) is 3.99. The smallest absolute Gasteiger partial charge is 0.213 e. The average Bonchev–Trinajstić information content (AvgIpc) is 2.74. The molecule has 0 fully saturated rings. The van der Waals surface area contributed by atoms with Crippen LogP contribution >= 0.6 is 39.1 Å². The van der Waals surface area contributed by atoms with Crippen LogP contribution in [0.1, 0.15) is 29.4 Å². The second kappa shape index (κ2) is 6.07. The van der Waals surface area contributed by atoms with E-state index in [2.05, 4.69) is 21.0 Å². The van der Waals surface area contributed by atoms with Crippen molar-refractivity contribution < 1.29 is 4.79 Å². The second-order valence-corrected chi connectivity index (χ2v) is 5.63.